The molecule has 1 heterocycles. The standard InChI is InChI=1S/C14H17NO2/c15-9-8-11-5-1-2-6-12(11)14(16)13-7-3-4-10-17-13/h1-2,5-7H,3-4,8-10,15H2. The van der Waals surface area contributed by atoms with E-state index in [0.717, 1.165) is 24.8 Å². The summed E-state index contributed by atoms with van der Waals surface area (Å²) in [7, 11) is 0. The number of Topliss-reactive ketones (excluding diaryl/α,β-unsaturated/α-hetero) is 1. The maximum atomic E-state index is 12.3. The largest absolute Gasteiger partial charge is 0.490 e. The van der Waals surface area contributed by atoms with Crippen molar-refractivity contribution in [1.29, 1.82) is 0 Å². The van der Waals surface area contributed by atoms with Crippen LogP contribution in [0.25, 0.3) is 0 Å². The van der Waals surface area contributed by atoms with Crippen molar-refractivity contribution in [3.63, 3.8) is 0 Å². The molecule has 0 aromatic heterocycles. The molecule has 0 saturated heterocycles. The molecular weight excluding hydrogens is 214 g/mol. The van der Waals surface area contributed by atoms with E-state index in [-0.39, 0.29) is 5.78 Å². The topological polar surface area (TPSA) is 52.3 Å². The lowest BCUT2D eigenvalue weighted by Gasteiger charge is -2.15. The van der Waals surface area contributed by atoms with E-state index in [2.05, 4.69) is 0 Å². The number of hydrogen-bond donors (Lipinski definition) is 1. The van der Waals surface area contributed by atoms with E-state index in [0.29, 0.717) is 24.5 Å². The van der Waals surface area contributed by atoms with Crippen molar-refractivity contribution in [3.05, 3.63) is 47.2 Å². The molecule has 1 aliphatic rings. The second-order valence-corrected chi connectivity index (χ2v) is 4.08. The minimum atomic E-state index is -0.0197. The third-order valence-electron chi connectivity index (χ3n) is 2.84. The molecule has 2 rings (SSSR count). The zero-order chi connectivity index (χ0) is 12.1. The Bertz CT molecular complexity index is 438. The summed E-state index contributed by atoms with van der Waals surface area (Å²) in [5.41, 5.74) is 7.26. The third-order valence-corrected chi connectivity index (χ3v) is 2.84. The lowest BCUT2D eigenvalue weighted by atomic mass is 9.99. The molecule has 0 fully saturated rings. The third kappa shape index (κ3) is 2.74. The minimum Gasteiger partial charge on any atom is -0.490 e. The number of benzene rings is 1. The zero-order valence-corrected chi connectivity index (χ0v) is 9.82. The van der Waals surface area contributed by atoms with Gasteiger partial charge in [-0.2, -0.15) is 0 Å². The van der Waals surface area contributed by atoms with Crippen LogP contribution < -0.4 is 5.73 Å². The van der Waals surface area contributed by atoms with Crippen LogP contribution in [0.3, 0.4) is 0 Å². The Labute approximate surface area is 101 Å². The van der Waals surface area contributed by atoms with Crippen LogP contribution in [0.1, 0.15) is 28.8 Å². The van der Waals surface area contributed by atoms with Crippen LogP contribution in [0, 0.1) is 0 Å². The molecule has 0 radical (unpaired) electrons. The van der Waals surface area contributed by atoms with Gasteiger partial charge in [-0.3, -0.25) is 4.79 Å². The van der Waals surface area contributed by atoms with Crippen molar-refractivity contribution in [2.24, 2.45) is 5.73 Å². The Balaban J connectivity index is 2.26. The lowest BCUT2D eigenvalue weighted by Crippen LogP contribution is -2.14. The smallest absolute Gasteiger partial charge is 0.227 e. The van der Waals surface area contributed by atoms with Gasteiger partial charge in [-0.25, -0.2) is 0 Å². The highest BCUT2D eigenvalue weighted by Crippen LogP contribution is 2.18. The van der Waals surface area contributed by atoms with E-state index in [1.54, 1.807) is 0 Å². The molecule has 0 amide bonds. The Kier molecular flexibility index (Phi) is 3.94. The SMILES string of the molecule is NCCc1ccccc1C(=O)C1=CCCCO1. The quantitative estimate of drug-likeness (QED) is 0.807. The number of nitrogens with two attached hydrogens (primary N) is 1. The molecule has 1 aliphatic heterocycles. The second kappa shape index (κ2) is 5.64. The molecule has 1 aromatic rings. The number of carbonyl (C=O) groups excluding carboxylic acids is 1. The van der Waals surface area contributed by atoms with Crippen molar-refractivity contribution in [3.8, 4) is 0 Å². The summed E-state index contributed by atoms with van der Waals surface area (Å²) in [5, 5.41) is 0. The van der Waals surface area contributed by atoms with E-state index in [4.69, 9.17) is 10.5 Å². The van der Waals surface area contributed by atoms with Gasteiger partial charge < -0.3 is 10.5 Å². The molecule has 0 unspecified atom stereocenters. The first-order chi connectivity index (χ1) is 8.33. The first-order valence-corrected chi connectivity index (χ1v) is 5.98. The van der Waals surface area contributed by atoms with Crippen molar-refractivity contribution in [1.82, 2.24) is 0 Å². The normalized spacial score (nSPS) is 15.0. The molecule has 3 heteroatoms. The summed E-state index contributed by atoms with van der Waals surface area (Å²) in [6, 6.07) is 7.59. The minimum absolute atomic E-state index is 0.0197. The van der Waals surface area contributed by atoms with Gasteiger partial charge in [0.15, 0.2) is 5.76 Å². The molecule has 2 N–H and O–H groups in total. The summed E-state index contributed by atoms with van der Waals surface area (Å²) in [5.74, 6) is 0.467. The van der Waals surface area contributed by atoms with Crippen molar-refractivity contribution >= 4 is 5.78 Å². The number of rotatable bonds is 4. The maximum absolute atomic E-state index is 12.3. The van der Waals surface area contributed by atoms with Gasteiger partial charge in [0, 0.05) is 5.56 Å². The number of ether oxygens (including phenoxy) is 1. The summed E-state index contributed by atoms with van der Waals surface area (Å²) in [6.45, 7) is 1.18. The van der Waals surface area contributed by atoms with Gasteiger partial charge >= 0.3 is 0 Å². The molecule has 0 bridgehead atoms. The van der Waals surface area contributed by atoms with Crippen molar-refractivity contribution in [2.75, 3.05) is 13.2 Å². The van der Waals surface area contributed by atoms with Gasteiger partial charge in [0.2, 0.25) is 5.78 Å². The second-order valence-electron chi connectivity index (χ2n) is 4.08. The molecule has 1 aromatic carbocycles. The van der Waals surface area contributed by atoms with E-state index in [1.807, 2.05) is 30.3 Å². The van der Waals surface area contributed by atoms with Crippen LogP contribution in [-0.2, 0) is 11.2 Å². The van der Waals surface area contributed by atoms with Crippen LogP contribution in [0.4, 0.5) is 0 Å². The lowest BCUT2D eigenvalue weighted by molar-refractivity contribution is 0.0898. The molecule has 90 valence electrons. The Morgan fingerprint density at radius 1 is 1.35 bits per heavy atom. The fourth-order valence-corrected chi connectivity index (χ4v) is 1.96. The van der Waals surface area contributed by atoms with Crippen LogP contribution >= 0.6 is 0 Å². The van der Waals surface area contributed by atoms with Gasteiger partial charge in [0.05, 0.1) is 6.61 Å². The Morgan fingerprint density at radius 2 is 2.18 bits per heavy atom. The van der Waals surface area contributed by atoms with Crippen LogP contribution in [-0.4, -0.2) is 18.9 Å². The zero-order valence-electron chi connectivity index (χ0n) is 9.82. The van der Waals surface area contributed by atoms with E-state index in [9.17, 15) is 4.79 Å². The average molecular weight is 231 g/mol. The van der Waals surface area contributed by atoms with Gasteiger partial charge in [-0.05, 0) is 37.4 Å². The number of hydrogen-bond acceptors (Lipinski definition) is 3. The van der Waals surface area contributed by atoms with Gasteiger partial charge in [-0.15, -0.1) is 0 Å². The maximum Gasteiger partial charge on any atom is 0.227 e. The van der Waals surface area contributed by atoms with Gasteiger partial charge in [-0.1, -0.05) is 24.3 Å². The molecule has 0 aliphatic carbocycles. The Hall–Kier alpha value is -1.61. The van der Waals surface area contributed by atoms with Crippen LogP contribution in [0.5, 0.6) is 0 Å². The highest BCUT2D eigenvalue weighted by molar-refractivity contribution is 6.08. The van der Waals surface area contributed by atoms with E-state index in [1.165, 1.54) is 0 Å². The summed E-state index contributed by atoms with van der Waals surface area (Å²) in [4.78, 5) is 12.3. The molecule has 0 atom stereocenters. The Morgan fingerprint density at radius 3 is 2.88 bits per heavy atom. The number of allylic oxidation sites excluding steroid dienone is 2. The van der Waals surface area contributed by atoms with Gasteiger partial charge in [0.1, 0.15) is 0 Å². The molecule has 3 nitrogen and oxygen atoms in total. The predicted molar refractivity (Wildman–Crippen MR) is 66.8 cm³/mol. The van der Waals surface area contributed by atoms with E-state index < -0.39 is 0 Å². The van der Waals surface area contributed by atoms with Crippen LogP contribution in [0.15, 0.2) is 36.1 Å². The molecule has 17 heavy (non-hydrogen) atoms. The predicted octanol–water partition coefficient (Wildman–Crippen LogP) is 2.06. The molecular formula is C14H17NO2. The first-order valence-electron chi connectivity index (χ1n) is 5.98. The summed E-state index contributed by atoms with van der Waals surface area (Å²) < 4.78 is 5.41. The van der Waals surface area contributed by atoms with Gasteiger partial charge in [0.25, 0.3) is 0 Å². The highest BCUT2D eigenvalue weighted by atomic mass is 16.5. The van der Waals surface area contributed by atoms with Crippen molar-refractivity contribution in [2.45, 2.75) is 19.3 Å². The average Bonchev–Trinajstić information content (AvgIpc) is 2.40. The summed E-state index contributed by atoms with van der Waals surface area (Å²) in [6.07, 6.45) is 4.50. The fraction of sp³-hybridized carbons (Fsp3) is 0.357. The highest BCUT2D eigenvalue weighted by Gasteiger charge is 2.18. The first kappa shape index (κ1) is 11.9. The summed E-state index contributed by atoms with van der Waals surface area (Å²) >= 11 is 0. The van der Waals surface area contributed by atoms with Crippen LogP contribution in [0.2, 0.25) is 0 Å². The number of carbonyl (C=O) groups is 1. The molecule has 0 spiro atoms. The molecule has 0 saturated carbocycles. The monoisotopic (exact) mass is 231 g/mol. The fourth-order valence-electron chi connectivity index (χ4n) is 1.96. The number of ketones is 1. The van der Waals surface area contributed by atoms with Crippen molar-refractivity contribution < 1.29 is 9.53 Å². The van der Waals surface area contributed by atoms with E-state index >= 15 is 0 Å².